The molecular weight excluding hydrogens is 255 g/mol. The van der Waals surface area contributed by atoms with Gasteiger partial charge in [0.05, 0.1) is 12.2 Å². The molecule has 4 nitrogen and oxygen atoms in total. The van der Waals surface area contributed by atoms with E-state index in [-0.39, 0.29) is 36.2 Å². The van der Waals surface area contributed by atoms with Gasteiger partial charge in [-0.15, -0.1) is 5.76 Å². The molecule has 0 amide bonds. The number of hydrogen-bond acceptors (Lipinski definition) is 4. The third-order valence-corrected chi connectivity index (χ3v) is 2.45. The molecule has 0 fully saturated rings. The van der Waals surface area contributed by atoms with E-state index in [1.165, 1.54) is 6.92 Å². The van der Waals surface area contributed by atoms with E-state index in [0.29, 0.717) is 11.1 Å². The average Bonchev–Trinajstić information content (AvgIpc) is 2.29. The normalized spacial score (nSPS) is 11.1. The predicted octanol–water partition coefficient (Wildman–Crippen LogP) is -1.62. The number of allylic oxidation sites excluding steroid dienone is 1. The van der Waals surface area contributed by atoms with Gasteiger partial charge >= 0.3 is 35.5 Å². The quantitative estimate of drug-likeness (QED) is 0.125. The Balaban J connectivity index is 0.00000324. The number of esters is 1. The first-order chi connectivity index (χ1) is 8.49. The summed E-state index contributed by atoms with van der Waals surface area (Å²) >= 11 is 0. The standard InChI is InChI=1S/C14H16O4.Na/c1-4-18-14(17)12(10(3)15)13(16)11-8-6-5-7-9(11)2;/h5-8,15H,4H2,1-3H3;/q;+1/p-1/b12-10-;. The van der Waals surface area contributed by atoms with Crippen molar-refractivity contribution in [2.75, 3.05) is 6.61 Å². The first-order valence-electron chi connectivity index (χ1n) is 5.64. The molecule has 0 heterocycles. The Morgan fingerprint density at radius 1 is 1.26 bits per heavy atom. The predicted molar refractivity (Wildman–Crippen MR) is 64.8 cm³/mol. The summed E-state index contributed by atoms with van der Waals surface area (Å²) in [4.78, 5) is 23.8. The van der Waals surface area contributed by atoms with Crippen molar-refractivity contribution >= 4 is 11.8 Å². The Morgan fingerprint density at radius 2 is 1.84 bits per heavy atom. The second kappa shape index (κ2) is 8.15. The first kappa shape index (κ1) is 17.9. The maximum absolute atomic E-state index is 12.2. The summed E-state index contributed by atoms with van der Waals surface area (Å²) in [6, 6.07) is 6.79. The summed E-state index contributed by atoms with van der Waals surface area (Å²) in [6.07, 6.45) is 0. The summed E-state index contributed by atoms with van der Waals surface area (Å²) in [5.74, 6) is -2.03. The molecule has 0 aromatic heterocycles. The van der Waals surface area contributed by atoms with E-state index < -0.39 is 23.1 Å². The van der Waals surface area contributed by atoms with Crippen molar-refractivity contribution in [3.8, 4) is 0 Å². The van der Waals surface area contributed by atoms with Crippen molar-refractivity contribution in [1.29, 1.82) is 0 Å². The molecule has 0 spiro atoms. The summed E-state index contributed by atoms with van der Waals surface area (Å²) in [5, 5.41) is 11.4. The van der Waals surface area contributed by atoms with Crippen LogP contribution in [-0.2, 0) is 9.53 Å². The van der Waals surface area contributed by atoms with E-state index in [2.05, 4.69) is 0 Å². The van der Waals surface area contributed by atoms with Crippen LogP contribution in [0.2, 0.25) is 0 Å². The van der Waals surface area contributed by atoms with Gasteiger partial charge < -0.3 is 9.84 Å². The second-order valence-corrected chi connectivity index (χ2v) is 3.80. The third kappa shape index (κ3) is 4.49. The smallest absolute Gasteiger partial charge is 0.875 e. The van der Waals surface area contributed by atoms with Gasteiger partial charge in [-0.2, -0.15) is 0 Å². The maximum atomic E-state index is 12.2. The Labute approximate surface area is 134 Å². The van der Waals surface area contributed by atoms with E-state index in [9.17, 15) is 14.7 Å². The van der Waals surface area contributed by atoms with E-state index in [1.54, 1.807) is 38.1 Å². The number of benzene rings is 1. The molecule has 0 saturated heterocycles. The molecule has 1 aromatic rings. The number of aryl methyl sites for hydroxylation is 1. The van der Waals surface area contributed by atoms with Crippen molar-refractivity contribution in [3.05, 3.63) is 46.7 Å². The molecule has 0 aliphatic heterocycles. The number of carbonyl (C=O) groups is 2. The molecule has 0 N–H and O–H groups in total. The Kier molecular flexibility index (Phi) is 7.68. The third-order valence-electron chi connectivity index (χ3n) is 2.45. The van der Waals surface area contributed by atoms with Gasteiger partial charge in [0, 0.05) is 5.56 Å². The minimum absolute atomic E-state index is 0. The molecule has 0 saturated carbocycles. The van der Waals surface area contributed by atoms with Crippen LogP contribution in [0.5, 0.6) is 0 Å². The van der Waals surface area contributed by atoms with Crippen LogP contribution in [0.4, 0.5) is 0 Å². The van der Waals surface area contributed by atoms with Crippen molar-refractivity contribution in [2.24, 2.45) is 0 Å². The van der Waals surface area contributed by atoms with Crippen LogP contribution >= 0.6 is 0 Å². The van der Waals surface area contributed by atoms with Gasteiger partial charge in [0.1, 0.15) is 0 Å². The maximum Gasteiger partial charge on any atom is 1.00 e. The Bertz CT molecular complexity index is 502. The largest absolute Gasteiger partial charge is 1.00 e. The molecular formula is C14H15NaO4. The average molecular weight is 270 g/mol. The SMILES string of the molecule is CCOC(=O)/C(C(=O)c1ccccc1C)=C(/C)[O-].[Na+]. The zero-order valence-corrected chi connectivity index (χ0v) is 13.6. The zero-order valence-electron chi connectivity index (χ0n) is 11.6. The molecule has 5 heteroatoms. The van der Waals surface area contributed by atoms with Crippen molar-refractivity contribution in [3.63, 3.8) is 0 Å². The molecule has 0 atom stereocenters. The van der Waals surface area contributed by atoms with Crippen molar-refractivity contribution in [1.82, 2.24) is 0 Å². The van der Waals surface area contributed by atoms with Crippen LogP contribution in [0.15, 0.2) is 35.6 Å². The fourth-order valence-corrected chi connectivity index (χ4v) is 1.56. The number of rotatable bonds is 4. The van der Waals surface area contributed by atoms with Gasteiger partial charge in [0.2, 0.25) is 0 Å². The number of Topliss-reactive ketones (excluding diaryl/α,β-unsaturated/α-hetero) is 1. The number of hydrogen-bond donors (Lipinski definition) is 0. The van der Waals surface area contributed by atoms with Crippen LogP contribution in [0.1, 0.15) is 29.8 Å². The molecule has 96 valence electrons. The van der Waals surface area contributed by atoms with Crippen LogP contribution in [0, 0.1) is 6.92 Å². The second-order valence-electron chi connectivity index (χ2n) is 3.80. The number of ketones is 1. The van der Waals surface area contributed by atoms with Gasteiger partial charge in [-0.3, -0.25) is 4.79 Å². The molecule has 0 aliphatic rings. The molecule has 0 bridgehead atoms. The summed E-state index contributed by atoms with van der Waals surface area (Å²) < 4.78 is 4.73. The molecule has 0 radical (unpaired) electrons. The fraction of sp³-hybridized carbons (Fsp3) is 0.286. The fourth-order valence-electron chi connectivity index (χ4n) is 1.56. The van der Waals surface area contributed by atoms with E-state index >= 15 is 0 Å². The van der Waals surface area contributed by atoms with Crippen LogP contribution in [0.3, 0.4) is 0 Å². The van der Waals surface area contributed by atoms with Gasteiger partial charge in [-0.05, 0) is 19.4 Å². The van der Waals surface area contributed by atoms with Crippen LogP contribution in [-0.4, -0.2) is 18.4 Å². The van der Waals surface area contributed by atoms with Gasteiger partial charge in [0.15, 0.2) is 5.78 Å². The summed E-state index contributed by atoms with van der Waals surface area (Å²) in [6.45, 7) is 4.67. The zero-order chi connectivity index (χ0) is 13.7. The summed E-state index contributed by atoms with van der Waals surface area (Å²) in [5.41, 5.74) is 0.632. The molecule has 0 unspecified atom stereocenters. The minimum Gasteiger partial charge on any atom is -0.875 e. The Morgan fingerprint density at radius 3 is 2.32 bits per heavy atom. The number of carbonyl (C=O) groups excluding carboxylic acids is 2. The molecule has 1 aromatic carbocycles. The van der Waals surface area contributed by atoms with E-state index in [4.69, 9.17) is 4.74 Å². The summed E-state index contributed by atoms with van der Waals surface area (Å²) in [7, 11) is 0. The minimum atomic E-state index is -0.863. The van der Waals surface area contributed by atoms with E-state index in [0.717, 1.165) is 0 Å². The van der Waals surface area contributed by atoms with Crippen molar-refractivity contribution < 1.29 is 49.0 Å². The monoisotopic (exact) mass is 270 g/mol. The van der Waals surface area contributed by atoms with Gasteiger partial charge in [0.25, 0.3) is 0 Å². The van der Waals surface area contributed by atoms with Crippen LogP contribution in [0.25, 0.3) is 0 Å². The van der Waals surface area contributed by atoms with Gasteiger partial charge in [-0.1, -0.05) is 31.2 Å². The molecule has 19 heavy (non-hydrogen) atoms. The van der Waals surface area contributed by atoms with E-state index in [1.807, 2.05) is 0 Å². The topological polar surface area (TPSA) is 66.4 Å². The molecule has 0 aliphatic carbocycles. The Hall–Kier alpha value is -1.10. The molecule has 1 rings (SSSR count). The van der Waals surface area contributed by atoms with Crippen LogP contribution < -0.4 is 34.7 Å². The van der Waals surface area contributed by atoms with Gasteiger partial charge in [-0.25, -0.2) is 4.79 Å². The van der Waals surface area contributed by atoms with Crippen molar-refractivity contribution in [2.45, 2.75) is 20.8 Å². The first-order valence-corrected chi connectivity index (χ1v) is 5.64. The number of ether oxygens (including phenoxy) is 1.